The first-order valence-electron chi connectivity index (χ1n) is 10.2. The lowest BCUT2D eigenvalue weighted by atomic mass is 10.1. The molecule has 0 spiro atoms. The van der Waals surface area contributed by atoms with Crippen LogP contribution in [0.4, 0.5) is 10.1 Å². The lowest BCUT2D eigenvalue weighted by molar-refractivity contribution is -0.139. The van der Waals surface area contributed by atoms with Crippen molar-refractivity contribution in [3.63, 3.8) is 0 Å². The molecule has 34 heavy (non-hydrogen) atoms. The molecule has 186 valence electrons. The first-order valence-corrected chi connectivity index (χ1v) is 13.2. The van der Waals surface area contributed by atoms with E-state index in [0.29, 0.717) is 5.56 Å². The van der Waals surface area contributed by atoms with Gasteiger partial charge < -0.3 is 10.2 Å². The minimum atomic E-state index is -3.99. The van der Waals surface area contributed by atoms with Gasteiger partial charge in [-0.3, -0.25) is 13.9 Å². The molecule has 0 fully saturated rings. The van der Waals surface area contributed by atoms with Gasteiger partial charge in [0.1, 0.15) is 18.4 Å². The molecule has 0 aliphatic rings. The van der Waals surface area contributed by atoms with Crippen molar-refractivity contribution < 1.29 is 22.4 Å². The summed E-state index contributed by atoms with van der Waals surface area (Å²) in [5.41, 5.74) is 0.519. The molecule has 0 saturated heterocycles. The number of halogens is 4. The predicted molar refractivity (Wildman–Crippen MR) is 133 cm³/mol. The first-order chi connectivity index (χ1) is 15.7. The van der Waals surface area contributed by atoms with E-state index in [9.17, 15) is 22.4 Å². The Labute approximate surface area is 213 Å². The number of hydrogen-bond acceptors (Lipinski definition) is 4. The van der Waals surface area contributed by atoms with E-state index in [4.69, 9.17) is 34.8 Å². The highest BCUT2D eigenvalue weighted by molar-refractivity contribution is 7.92. The van der Waals surface area contributed by atoms with Crippen molar-refractivity contribution >= 4 is 62.3 Å². The molecule has 1 atom stereocenters. The van der Waals surface area contributed by atoms with Crippen LogP contribution < -0.4 is 9.62 Å². The molecule has 12 heteroatoms. The zero-order valence-corrected chi connectivity index (χ0v) is 22.1. The summed E-state index contributed by atoms with van der Waals surface area (Å²) in [6.45, 7) is 4.36. The number of benzene rings is 2. The van der Waals surface area contributed by atoms with E-state index in [1.807, 2.05) is 0 Å². The Hall–Kier alpha value is -2.07. The van der Waals surface area contributed by atoms with Gasteiger partial charge in [0.2, 0.25) is 21.8 Å². The van der Waals surface area contributed by atoms with Gasteiger partial charge in [0, 0.05) is 12.6 Å². The van der Waals surface area contributed by atoms with Crippen LogP contribution in [-0.2, 0) is 26.2 Å². The molecule has 0 heterocycles. The fraction of sp³-hybridized carbons (Fsp3) is 0.364. The molecule has 0 radical (unpaired) electrons. The molecule has 7 nitrogen and oxygen atoms in total. The molecule has 2 aromatic carbocycles. The molecule has 2 aromatic rings. The van der Waals surface area contributed by atoms with Crippen molar-refractivity contribution in [2.75, 3.05) is 17.1 Å². The van der Waals surface area contributed by atoms with Gasteiger partial charge in [0.05, 0.1) is 27.0 Å². The lowest BCUT2D eigenvalue weighted by Crippen LogP contribution is -2.52. The van der Waals surface area contributed by atoms with Gasteiger partial charge in [0.15, 0.2) is 0 Å². The zero-order chi connectivity index (χ0) is 25.8. The number of hydrogen-bond donors (Lipinski definition) is 1. The Kier molecular flexibility index (Phi) is 9.59. The van der Waals surface area contributed by atoms with Crippen LogP contribution in [0.2, 0.25) is 15.1 Å². The molecule has 2 rings (SSSR count). The monoisotopic (exact) mass is 551 g/mol. The van der Waals surface area contributed by atoms with Crippen molar-refractivity contribution in [2.24, 2.45) is 0 Å². The molecule has 0 aliphatic carbocycles. The second-order valence-corrected chi connectivity index (χ2v) is 11.1. The van der Waals surface area contributed by atoms with E-state index in [1.165, 1.54) is 48.2 Å². The number of sulfonamides is 1. The Morgan fingerprint density at radius 2 is 1.56 bits per heavy atom. The van der Waals surface area contributed by atoms with Gasteiger partial charge in [-0.05, 0) is 50.6 Å². The third-order valence-electron chi connectivity index (χ3n) is 4.80. The lowest BCUT2D eigenvalue weighted by Gasteiger charge is -2.32. The summed E-state index contributed by atoms with van der Waals surface area (Å²) in [4.78, 5) is 27.3. The maximum Gasteiger partial charge on any atom is 0.244 e. The highest BCUT2D eigenvalue weighted by Crippen LogP contribution is 2.35. The smallest absolute Gasteiger partial charge is 0.244 e. The summed E-state index contributed by atoms with van der Waals surface area (Å²) in [6, 6.07) is 6.81. The van der Waals surface area contributed by atoms with Crippen molar-refractivity contribution in [1.29, 1.82) is 0 Å². The third-order valence-corrected chi connectivity index (χ3v) is 6.95. The second-order valence-electron chi connectivity index (χ2n) is 7.97. The fourth-order valence-electron chi connectivity index (χ4n) is 3.07. The Morgan fingerprint density at radius 3 is 2.09 bits per heavy atom. The van der Waals surface area contributed by atoms with Crippen molar-refractivity contribution in [3.05, 3.63) is 62.8 Å². The minimum Gasteiger partial charge on any atom is -0.352 e. The first kappa shape index (κ1) is 28.2. The summed E-state index contributed by atoms with van der Waals surface area (Å²) in [6.07, 6.45) is 0.915. The van der Waals surface area contributed by atoms with Gasteiger partial charge in [-0.2, -0.15) is 0 Å². The Morgan fingerprint density at radius 1 is 1.00 bits per heavy atom. The largest absolute Gasteiger partial charge is 0.352 e. The number of carbonyl (C=O) groups excluding carboxylic acids is 2. The van der Waals surface area contributed by atoms with Crippen LogP contribution in [-0.4, -0.2) is 50.0 Å². The van der Waals surface area contributed by atoms with Crippen molar-refractivity contribution in [2.45, 2.75) is 39.4 Å². The standard InChI is InChI=1S/C22H25Cl3FN3O4S/c1-13(2)27-22(31)14(3)28(11-15-5-7-16(26)8-6-15)21(30)12-29(34(4,32)33)20-10-18(24)17(23)9-19(20)25/h5-10,13-14H,11-12H2,1-4H3,(H,27,31). The second kappa shape index (κ2) is 11.6. The summed E-state index contributed by atoms with van der Waals surface area (Å²) in [7, 11) is -3.99. The molecule has 0 aromatic heterocycles. The summed E-state index contributed by atoms with van der Waals surface area (Å²) >= 11 is 18.2. The molecule has 1 N–H and O–H groups in total. The van der Waals surface area contributed by atoms with E-state index in [-0.39, 0.29) is 33.3 Å². The Bertz CT molecular complexity index is 1160. The van der Waals surface area contributed by atoms with E-state index < -0.39 is 40.2 Å². The maximum absolute atomic E-state index is 13.4. The zero-order valence-electron chi connectivity index (χ0n) is 19.0. The van der Waals surface area contributed by atoms with Crippen LogP contribution in [0.3, 0.4) is 0 Å². The molecule has 0 aliphatic heterocycles. The average molecular weight is 553 g/mol. The fourth-order valence-corrected chi connectivity index (χ4v) is 4.62. The number of amides is 2. The molecule has 1 unspecified atom stereocenters. The van der Waals surface area contributed by atoms with Crippen LogP contribution in [0, 0.1) is 5.82 Å². The van der Waals surface area contributed by atoms with E-state index >= 15 is 0 Å². The number of anilines is 1. The van der Waals surface area contributed by atoms with Gasteiger partial charge in [0.25, 0.3) is 0 Å². The van der Waals surface area contributed by atoms with Crippen molar-refractivity contribution in [1.82, 2.24) is 10.2 Å². The summed E-state index contributed by atoms with van der Waals surface area (Å²) < 4.78 is 39.3. The highest BCUT2D eigenvalue weighted by atomic mass is 35.5. The van der Waals surface area contributed by atoms with Gasteiger partial charge in [-0.25, -0.2) is 12.8 Å². The van der Waals surface area contributed by atoms with Gasteiger partial charge in [-0.1, -0.05) is 46.9 Å². The third kappa shape index (κ3) is 7.46. The minimum absolute atomic E-state index is 0.0247. The average Bonchev–Trinajstić information content (AvgIpc) is 2.72. The van der Waals surface area contributed by atoms with Crippen molar-refractivity contribution in [3.8, 4) is 0 Å². The summed E-state index contributed by atoms with van der Waals surface area (Å²) in [5, 5.41) is 2.88. The number of nitrogens with one attached hydrogen (secondary N) is 1. The van der Waals surface area contributed by atoms with Crippen LogP contribution in [0.25, 0.3) is 0 Å². The molecule has 0 bridgehead atoms. The van der Waals surface area contributed by atoms with Gasteiger partial charge in [-0.15, -0.1) is 0 Å². The molecule has 0 saturated carbocycles. The van der Waals surface area contributed by atoms with E-state index in [0.717, 1.165) is 10.6 Å². The highest BCUT2D eigenvalue weighted by Gasteiger charge is 2.31. The Balaban J connectivity index is 2.45. The molecular formula is C22H25Cl3FN3O4S. The van der Waals surface area contributed by atoms with E-state index in [1.54, 1.807) is 13.8 Å². The normalized spacial score (nSPS) is 12.4. The van der Waals surface area contributed by atoms with Crippen LogP contribution in [0.1, 0.15) is 26.3 Å². The number of rotatable bonds is 9. The number of nitrogens with zero attached hydrogens (tertiary/aromatic N) is 2. The van der Waals surface area contributed by atoms with Crippen LogP contribution >= 0.6 is 34.8 Å². The summed E-state index contributed by atoms with van der Waals surface area (Å²) in [5.74, 6) is -1.56. The SMILES string of the molecule is CC(C)NC(=O)C(C)N(Cc1ccc(F)cc1)C(=O)CN(c1cc(Cl)c(Cl)cc1Cl)S(C)(=O)=O. The van der Waals surface area contributed by atoms with Crippen LogP contribution in [0.5, 0.6) is 0 Å². The maximum atomic E-state index is 13.4. The van der Waals surface area contributed by atoms with E-state index in [2.05, 4.69) is 5.32 Å². The quantitative estimate of drug-likeness (QED) is 0.464. The number of carbonyl (C=O) groups is 2. The molecular weight excluding hydrogens is 528 g/mol. The predicted octanol–water partition coefficient (Wildman–Crippen LogP) is 4.49. The topological polar surface area (TPSA) is 86.8 Å². The molecule has 2 amide bonds. The van der Waals surface area contributed by atoms with Gasteiger partial charge >= 0.3 is 0 Å². The van der Waals surface area contributed by atoms with Crippen LogP contribution in [0.15, 0.2) is 36.4 Å².